The van der Waals surface area contributed by atoms with Gasteiger partial charge in [0.2, 0.25) is 0 Å². The molecule has 0 radical (unpaired) electrons. The Bertz CT molecular complexity index is 701. The van der Waals surface area contributed by atoms with Crippen molar-refractivity contribution < 1.29 is 13.9 Å². The summed E-state index contributed by atoms with van der Waals surface area (Å²) in [7, 11) is 0. The lowest BCUT2D eigenvalue weighted by atomic mass is 10.2. The molecule has 0 N–H and O–H groups in total. The van der Waals surface area contributed by atoms with Crippen molar-refractivity contribution in [2.45, 2.75) is 13.8 Å². The highest BCUT2D eigenvalue weighted by molar-refractivity contribution is 5.88. The van der Waals surface area contributed by atoms with Crippen molar-refractivity contribution in [3.05, 3.63) is 47.0 Å². The minimum atomic E-state index is -0.659. The van der Waals surface area contributed by atoms with Crippen molar-refractivity contribution >= 4 is 5.97 Å². The number of rotatable bonds is 3. The molecule has 5 nitrogen and oxygen atoms in total. The van der Waals surface area contributed by atoms with Crippen LogP contribution in [0.4, 0.5) is 4.39 Å². The predicted octanol–water partition coefficient (Wildman–Crippen LogP) is 2.37. The van der Waals surface area contributed by atoms with Gasteiger partial charge in [-0.2, -0.15) is 10.4 Å². The van der Waals surface area contributed by atoms with Gasteiger partial charge in [0.1, 0.15) is 11.9 Å². The third kappa shape index (κ3) is 2.52. The van der Waals surface area contributed by atoms with Gasteiger partial charge in [-0.15, -0.1) is 0 Å². The van der Waals surface area contributed by atoms with Crippen LogP contribution >= 0.6 is 0 Å². The summed E-state index contributed by atoms with van der Waals surface area (Å²) in [5.41, 5.74) is 1.12. The number of esters is 1. The van der Waals surface area contributed by atoms with E-state index in [2.05, 4.69) is 5.10 Å². The molecule has 0 saturated heterocycles. The zero-order valence-corrected chi connectivity index (χ0v) is 11.1. The van der Waals surface area contributed by atoms with Crippen molar-refractivity contribution in [1.82, 2.24) is 9.78 Å². The van der Waals surface area contributed by atoms with Crippen molar-refractivity contribution in [2.75, 3.05) is 6.61 Å². The second kappa shape index (κ2) is 5.53. The smallest absolute Gasteiger partial charge is 0.357 e. The second-order valence-corrected chi connectivity index (χ2v) is 4.08. The van der Waals surface area contributed by atoms with Gasteiger partial charge < -0.3 is 4.74 Å². The third-order valence-electron chi connectivity index (χ3n) is 2.63. The molecular formula is C14H12FN3O2. The lowest BCUT2D eigenvalue weighted by Crippen LogP contribution is -2.12. The maximum absolute atomic E-state index is 13.6. The minimum Gasteiger partial charge on any atom is -0.461 e. The van der Waals surface area contributed by atoms with Gasteiger partial charge >= 0.3 is 5.97 Å². The maximum atomic E-state index is 13.6. The summed E-state index contributed by atoms with van der Waals surface area (Å²) in [4.78, 5) is 11.8. The van der Waals surface area contributed by atoms with Crippen LogP contribution in [-0.2, 0) is 4.74 Å². The van der Waals surface area contributed by atoms with Crippen molar-refractivity contribution in [1.29, 1.82) is 5.26 Å². The molecular weight excluding hydrogens is 261 g/mol. The van der Waals surface area contributed by atoms with Crippen molar-refractivity contribution in [2.24, 2.45) is 0 Å². The zero-order chi connectivity index (χ0) is 14.7. The summed E-state index contributed by atoms with van der Waals surface area (Å²) in [5.74, 6) is -1.19. The zero-order valence-electron chi connectivity index (χ0n) is 11.1. The van der Waals surface area contributed by atoms with Crippen LogP contribution in [0.5, 0.6) is 0 Å². The fraction of sp³-hybridized carbons (Fsp3) is 0.214. The Hall–Kier alpha value is -2.68. The summed E-state index contributed by atoms with van der Waals surface area (Å²) in [6.07, 6.45) is 0. The minimum absolute atomic E-state index is 0.0599. The fourth-order valence-corrected chi connectivity index (χ4v) is 1.77. The molecule has 20 heavy (non-hydrogen) atoms. The average molecular weight is 273 g/mol. The van der Waals surface area contributed by atoms with Gasteiger partial charge in [0.05, 0.1) is 23.6 Å². The first-order chi connectivity index (χ1) is 9.56. The van der Waals surface area contributed by atoms with E-state index in [-0.39, 0.29) is 17.9 Å². The van der Waals surface area contributed by atoms with Crippen LogP contribution in [0, 0.1) is 24.1 Å². The van der Waals surface area contributed by atoms with Crippen LogP contribution in [0.25, 0.3) is 5.69 Å². The first kappa shape index (κ1) is 13.7. The number of halogens is 1. The van der Waals surface area contributed by atoms with Gasteiger partial charge in [-0.25, -0.2) is 13.9 Å². The van der Waals surface area contributed by atoms with E-state index in [0.29, 0.717) is 11.4 Å². The highest BCUT2D eigenvalue weighted by Crippen LogP contribution is 2.17. The van der Waals surface area contributed by atoms with Gasteiger partial charge in [0.15, 0.2) is 5.69 Å². The van der Waals surface area contributed by atoms with Crippen LogP contribution in [0.15, 0.2) is 24.3 Å². The van der Waals surface area contributed by atoms with E-state index in [1.165, 1.54) is 16.8 Å². The SMILES string of the molecule is CCOC(=O)c1cc(C)nn1-c1ccc(C#N)c(F)c1. The van der Waals surface area contributed by atoms with E-state index in [4.69, 9.17) is 10.00 Å². The number of hydrogen-bond donors (Lipinski definition) is 0. The van der Waals surface area contributed by atoms with Gasteiger partial charge in [-0.1, -0.05) is 0 Å². The molecule has 1 aromatic carbocycles. The number of carbonyl (C=O) groups is 1. The van der Waals surface area contributed by atoms with Gasteiger partial charge in [0.25, 0.3) is 0 Å². The van der Waals surface area contributed by atoms with Gasteiger partial charge in [0, 0.05) is 6.07 Å². The van der Waals surface area contributed by atoms with E-state index in [1.807, 2.05) is 0 Å². The summed E-state index contributed by atoms with van der Waals surface area (Å²) in [5, 5.41) is 12.9. The highest BCUT2D eigenvalue weighted by atomic mass is 19.1. The van der Waals surface area contributed by atoms with E-state index in [0.717, 1.165) is 6.07 Å². The van der Waals surface area contributed by atoms with Crippen LogP contribution < -0.4 is 0 Å². The first-order valence-electron chi connectivity index (χ1n) is 6.00. The summed E-state index contributed by atoms with van der Waals surface area (Å²) in [6, 6.07) is 7.33. The summed E-state index contributed by atoms with van der Waals surface area (Å²) >= 11 is 0. The number of ether oxygens (including phenoxy) is 1. The van der Waals surface area contributed by atoms with E-state index >= 15 is 0 Å². The largest absolute Gasteiger partial charge is 0.461 e. The molecule has 2 aromatic rings. The number of nitriles is 1. The number of nitrogens with zero attached hydrogens (tertiary/aromatic N) is 3. The lowest BCUT2D eigenvalue weighted by Gasteiger charge is -2.07. The molecule has 6 heteroatoms. The molecule has 0 amide bonds. The Morgan fingerprint density at radius 1 is 1.50 bits per heavy atom. The third-order valence-corrected chi connectivity index (χ3v) is 2.63. The Morgan fingerprint density at radius 3 is 2.85 bits per heavy atom. The quantitative estimate of drug-likeness (QED) is 0.805. The number of aryl methyl sites for hydroxylation is 1. The van der Waals surface area contributed by atoms with Crippen LogP contribution in [0.3, 0.4) is 0 Å². The molecule has 1 aromatic heterocycles. The van der Waals surface area contributed by atoms with Gasteiger partial charge in [-0.3, -0.25) is 0 Å². The van der Waals surface area contributed by atoms with Crippen LogP contribution in [0.2, 0.25) is 0 Å². The fourth-order valence-electron chi connectivity index (χ4n) is 1.77. The summed E-state index contributed by atoms with van der Waals surface area (Å²) < 4.78 is 19.9. The maximum Gasteiger partial charge on any atom is 0.357 e. The Kier molecular flexibility index (Phi) is 3.80. The Balaban J connectivity index is 2.50. The Labute approximate surface area is 115 Å². The van der Waals surface area contributed by atoms with E-state index in [1.54, 1.807) is 26.0 Å². The molecule has 102 valence electrons. The molecule has 0 spiro atoms. The Morgan fingerprint density at radius 2 is 2.25 bits per heavy atom. The number of hydrogen-bond acceptors (Lipinski definition) is 4. The van der Waals surface area contributed by atoms with E-state index < -0.39 is 11.8 Å². The standard InChI is InChI=1S/C14H12FN3O2/c1-3-20-14(19)13-6-9(2)17-18(13)11-5-4-10(8-16)12(15)7-11/h4-7H,3H2,1-2H3. The molecule has 0 fully saturated rings. The summed E-state index contributed by atoms with van der Waals surface area (Å²) in [6.45, 7) is 3.66. The van der Waals surface area contributed by atoms with Gasteiger partial charge in [-0.05, 0) is 32.0 Å². The average Bonchev–Trinajstić information content (AvgIpc) is 2.81. The van der Waals surface area contributed by atoms with E-state index in [9.17, 15) is 9.18 Å². The molecule has 0 atom stereocenters. The monoisotopic (exact) mass is 273 g/mol. The molecule has 0 aliphatic heterocycles. The molecule has 1 heterocycles. The predicted molar refractivity (Wildman–Crippen MR) is 68.9 cm³/mol. The van der Waals surface area contributed by atoms with Crippen molar-refractivity contribution in [3.8, 4) is 11.8 Å². The normalized spacial score (nSPS) is 10.1. The van der Waals surface area contributed by atoms with Crippen LogP contribution in [0.1, 0.15) is 28.7 Å². The molecule has 2 rings (SSSR count). The highest BCUT2D eigenvalue weighted by Gasteiger charge is 2.17. The second-order valence-electron chi connectivity index (χ2n) is 4.08. The number of benzene rings is 1. The first-order valence-corrected chi connectivity index (χ1v) is 6.00. The molecule has 0 saturated carbocycles. The molecule has 0 aliphatic carbocycles. The molecule has 0 bridgehead atoms. The number of aromatic nitrogens is 2. The van der Waals surface area contributed by atoms with Crippen molar-refractivity contribution in [3.63, 3.8) is 0 Å². The van der Waals surface area contributed by atoms with Crippen LogP contribution in [-0.4, -0.2) is 22.4 Å². The topological polar surface area (TPSA) is 67.9 Å². The lowest BCUT2D eigenvalue weighted by molar-refractivity contribution is 0.0515. The molecule has 0 aliphatic rings. The number of carbonyl (C=O) groups excluding carboxylic acids is 1. The molecule has 0 unspecified atom stereocenters.